The molecule has 0 spiro atoms. The zero-order valence-corrected chi connectivity index (χ0v) is 12.8. The number of benzene rings is 1. The number of hydrogen-bond donors (Lipinski definition) is 1. The second-order valence-electron chi connectivity index (χ2n) is 5.61. The lowest BCUT2D eigenvalue weighted by Gasteiger charge is -2.28. The Morgan fingerprint density at radius 3 is 2.52 bits per heavy atom. The van der Waals surface area contributed by atoms with Gasteiger partial charge < -0.3 is 10.3 Å². The molecule has 4 nitrogen and oxygen atoms in total. The average molecular weight is 290 g/mol. The fourth-order valence-corrected chi connectivity index (χ4v) is 2.52. The number of rotatable bonds is 6. The van der Waals surface area contributed by atoms with Gasteiger partial charge in [0.1, 0.15) is 5.82 Å². The van der Waals surface area contributed by atoms with Gasteiger partial charge in [0.15, 0.2) is 0 Å². The van der Waals surface area contributed by atoms with E-state index >= 15 is 0 Å². The molecule has 0 aliphatic carbocycles. The lowest BCUT2D eigenvalue weighted by Crippen LogP contribution is -2.32. The predicted octanol–water partition coefficient (Wildman–Crippen LogP) is 2.73. The van der Waals surface area contributed by atoms with Crippen LogP contribution in [0.25, 0.3) is 0 Å². The molecule has 1 heterocycles. The van der Waals surface area contributed by atoms with Crippen LogP contribution in [0.2, 0.25) is 0 Å². The highest BCUT2D eigenvalue weighted by Gasteiger charge is 2.20. The third-order valence-electron chi connectivity index (χ3n) is 3.69. The molecule has 0 aliphatic heterocycles. The van der Waals surface area contributed by atoms with E-state index in [0.29, 0.717) is 19.1 Å². The molecule has 0 aliphatic rings. The molecule has 21 heavy (non-hydrogen) atoms. The molecule has 1 unspecified atom stereocenters. The molecule has 2 rings (SSSR count). The van der Waals surface area contributed by atoms with Gasteiger partial charge in [-0.25, -0.2) is 9.37 Å². The summed E-state index contributed by atoms with van der Waals surface area (Å²) in [6.07, 6.45) is 3.72. The molecule has 5 heteroatoms. The maximum absolute atomic E-state index is 13.0. The molecule has 0 saturated heterocycles. The maximum atomic E-state index is 13.0. The molecule has 1 atom stereocenters. The van der Waals surface area contributed by atoms with Gasteiger partial charge in [0.2, 0.25) is 0 Å². The van der Waals surface area contributed by atoms with Crippen LogP contribution in [0.3, 0.4) is 0 Å². The summed E-state index contributed by atoms with van der Waals surface area (Å²) in [5.74, 6) is -0.213. The first-order chi connectivity index (χ1) is 10.0. The monoisotopic (exact) mass is 290 g/mol. The van der Waals surface area contributed by atoms with Crippen molar-refractivity contribution in [2.45, 2.75) is 32.5 Å². The Labute approximate surface area is 125 Å². The molecule has 1 aromatic carbocycles. The summed E-state index contributed by atoms with van der Waals surface area (Å²) < 4.78 is 15.1. The van der Waals surface area contributed by atoms with Crippen molar-refractivity contribution in [2.75, 3.05) is 13.6 Å². The Bertz CT molecular complexity index is 562. The second-order valence-corrected chi connectivity index (χ2v) is 5.61. The summed E-state index contributed by atoms with van der Waals surface area (Å²) in [5.41, 5.74) is 8.14. The maximum Gasteiger partial charge on any atom is 0.123 e. The molecule has 0 amide bonds. The molecule has 0 bridgehead atoms. The molecule has 2 N–H and O–H groups in total. The van der Waals surface area contributed by atoms with Crippen molar-refractivity contribution in [3.63, 3.8) is 0 Å². The SMILES string of the molecule is CC(C)n1cncc1C(CN)N(C)Cc1ccc(F)cc1. The van der Waals surface area contributed by atoms with E-state index in [1.54, 1.807) is 12.1 Å². The van der Waals surface area contributed by atoms with E-state index in [1.807, 2.05) is 19.6 Å². The molecule has 1 aromatic heterocycles. The normalized spacial score (nSPS) is 13.1. The first-order valence-electron chi connectivity index (χ1n) is 7.19. The first kappa shape index (κ1) is 15.7. The number of nitrogens with two attached hydrogens (primary N) is 1. The van der Waals surface area contributed by atoms with Crippen LogP contribution in [0, 0.1) is 5.82 Å². The molecular weight excluding hydrogens is 267 g/mol. The van der Waals surface area contributed by atoms with Crippen LogP contribution in [-0.4, -0.2) is 28.0 Å². The van der Waals surface area contributed by atoms with Gasteiger partial charge in [-0.1, -0.05) is 12.1 Å². The Morgan fingerprint density at radius 2 is 1.95 bits per heavy atom. The number of aromatic nitrogens is 2. The summed E-state index contributed by atoms with van der Waals surface area (Å²) in [6.45, 7) is 5.47. The van der Waals surface area contributed by atoms with E-state index in [9.17, 15) is 4.39 Å². The zero-order valence-electron chi connectivity index (χ0n) is 12.8. The minimum Gasteiger partial charge on any atom is -0.331 e. The van der Waals surface area contributed by atoms with E-state index in [2.05, 4.69) is 28.3 Å². The van der Waals surface area contributed by atoms with E-state index in [1.165, 1.54) is 12.1 Å². The molecule has 114 valence electrons. The first-order valence-corrected chi connectivity index (χ1v) is 7.19. The quantitative estimate of drug-likeness (QED) is 0.890. The van der Waals surface area contributed by atoms with Crippen LogP contribution < -0.4 is 5.73 Å². The minimum atomic E-state index is -0.213. The van der Waals surface area contributed by atoms with Gasteiger partial charge in [-0.2, -0.15) is 0 Å². The third kappa shape index (κ3) is 3.68. The lowest BCUT2D eigenvalue weighted by atomic mass is 10.1. The third-order valence-corrected chi connectivity index (χ3v) is 3.69. The van der Waals surface area contributed by atoms with Crippen molar-refractivity contribution in [2.24, 2.45) is 5.73 Å². The van der Waals surface area contributed by atoms with E-state index < -0.39 is 0 Å². The van der Waals surface area contributed by atoms with Crippen LogP contribution in [0.1, 0.15) is 37.2 Å². The van der Waals surface area contributed by atoms with Crippen molar-refractivity contribution in [1.29, 1.82) is 0 Å². The van der Waals surface area contributed by atoms with Crippen LogP contribution >= 0.6 is 0 Å². The van der Waals surface area contributed by atoms with Gasteiger partial charge in [0, 0.05) is 25.3 Å². The molecule has 0 radical (unpaired) electrons. The van der Waals surface area contributed by atoms with E-state index in [-0.39, 0.29) is 11.9 Å². The number of imidazole rings is 1. The van der Waals surface area contributed by atoms with E-state index in [4.69, 9.17) is 5.73 Å². The molecule has 2 aromatic rings. The van der Waals surface area contributed by atoms with Crippen LogP contribution in [0.5, 0.6) is 0 Å². The fraction of sp³-hybridized carbons (Fsp3) is 0.438. The standard InChI is InChI=1S/C16H23FN4/c1-12(2)21-11-19-9-16(21)15(8-18)20(3)10-13-4-6-14(17)7-5-13/h4-7,9,11-12,15H,8,10,18H2,1-3H3. The number of hydrogen-bond acceptors (Lipinski definition) is 3. The smallest absolute Gasteiger partial charge is 0.123 e. The Balaban J connectivity index is 2.16. The van der Waals surface area contributed by atoms with Crippen molar-refractivity contribution in [3.8, 4) is 0 Å². The van der Waals surface area contributed by atoms with Crippen molar-refractivity contribution >= 4 is 0 Å². The van der Waals surface area contributed by atoms with Gasteiger partial charge in [-0.05, 0) is 38.6 Å². The summed E-state index contributed by atoms with van der Waals surface area (Å²) in [5, 5.41) is 0. The lowest BCUT2D eigenvalue weighted by molar-refractivity contribution is 0.230. The van der Waals surface area contributed by atoms with Gasteiger partial charge in [0.25, 0.3) is 0 Å². The van der Waals surface area contributed by atoms with E-state index in [0.717, 1.165) is 11.3 Å². The highest BCUT2D eigenvalue weighted by Crippen LogP contribution is 2.22. The number of nitrogens with zero attached hydrogens (tertiary/aromatic N) is 3. The van der Waals surface area contributed by atoms with Crippen LogP contribution in [0.15, 0.2) is 36.8 Å². The molecule has 0 fully saturated rings. The average Bonchev–Trinajstić information content (AvgIpc) is 2.91. The van der Waals surface area contributed by atoms with Crippen LogP contribution in [0.4, 0.5) is 4.39 Å². The largest absolute Gasteiger partial charge is 0.331 e. The molecular formula is C16H23FN4. The highest BCUT2D eigenvalue weighted by molar-refractivity contribution is 5.17. The van der Waals surface area contributed by atoms with Crippen LogP contribution in [-0.2, 0) is 6.54 Å². The minimum absolute atomic E-state index is 0.0833. The number of likely N-dealkylation sites (N-methyl/N-ethyl adjacent to an activating group) is 1. The van der Waals surface area contributed by atoms with Gasteiger partial charge in [0.05, 0.1) is 18.1 Å². The van der Waals surface area contributed by atoms with Crippen molar-refractivity contribution < 1.29 is 4.39 Å². The van der Waals surface area contributed by atoms with Gasteiger partial charge in [-0.3, -0.25) is 4.90 Å². The van der Waals surface area contributed by atoms with Gasteiger partial charge >= 0.3 is 0 Å². The van der Waals surface area contributed by atoms with Gasteiger partial charge in [-0.15, -0.1) is 0 Å². The summed E-state index contributed by atoms with van der Waals surface area (Å²) in [4.78, 5) is 6.41. The predicted molar refractivity (Wildman–Crippen MR) is 82.3 cm³/mol. The fourth-order valence-electron chi connectivity index (χ4n) is 2.52. The second kappa shape index (κ2) is 6.83. The number of halogens is 1. The summed E-state index contributed by atoms with van der Waals surface area (Å²) in [6, 6.07) is 7.01. The summed E-state index contributed by atoms with van der Waals surface area (Å²) >= 11 is 0. The summed E-state index contributed by atoms with van der Waals surface area (Å²) in [7, 11) is 2.03. The van der Waals surface area contributed by atoms with Crippen molar-refractivity contribution in [3.05, 3.63) is 53.9 Å². The Kier molecular flexibility index (Phi) is 5.09. The van der Waals surface area contributed by atoms with Crippen molar-refractivity contribution in [1.82, 2.24) is 14.5 Å². The molecule has 0 saturated carbocycles. The topological polar surface area (TPSA) is 47.1 Å². The zero-order chi connectivity index (χ0) is 15.4. The Morgan fingerprint density at radius 1 is 1.29 bits per heavy atom. The Hall–Kier alpha value is -1.72. The highest BCUT2D eigenvalue weighted by atomic mass is 19.1.